The molecule has 1 rings (SSSR count). The summed E-state index contributed by atoms with van der Waals surface area (Å²) in [5.74, 6) is 0.717. The Hall–Kier alpha value is -0.540. The van der Waals surface area contributed by atoms with Crippen molar-refractivity contribution in [3.05, 3.63) is 11.8 Å². The molecule has 0 saturated heterocycles. The van der Waals surface area contributed by atoms with Crippen LogP contribution in [0.3, 0.4) is 0 Å². The SMILES string of the molecule is CCCCN(C(C)=O)C1=CCCCC1CN(C)C.Cl. The van der Waals surface area contributed by atoms with Crippen molar-refractivity contribution in [2.24, 2.45) is 5.92 Å². The van der Waals surface area contributed by atoms with E-state index in [9.17, 15) is 4.79 Å². The molecule has 1 aliphatic rings. The molecule has 0 saturated carbocycles. The lowest BCUT2D eigenvalue weighted by Crippen LogP contribution is -2.37. The van der Waals surface area contributed by atoms with Gasteiger partial charge in [0, 0.05) is 31.6 Å². The number of carbonyl (C=O) groups excluding carboxylic acids is 1. The van der Waals surface area contributed by atoms with Crippen molar-refractivity contribution in [2.75, 3.05) is 27.2 Å². The van der Waals surface area contributed by atoms with Crippen LogP contribution in [0.15, 0.2) is 11.8 Å². The molecule has 1 unspecified atom stereocenters. The van der Waals surface area contributed by atoms with Crippen molar-refractivity contribution in [3.63, 3.8) is 0 Å². The average molecular weight is 289 g/mol. The number of amides is 1. The Labute approximate surface area is 124 Å². The Morgan fingerprint density at radius 2 is 2.11 bits per heavy atom. The van der Waals surface area contributed by atoms with E-state index in [0.29, 0.717) is 5.92 Å². The normalized spacial score (nSPS) is 18.8. The maximum atomic E-state index is 11.9. The summed E-state index contributed by atoms with van der Waals surface area (Å²) in [6.07, 6.45) is 8.09. The van der Waals surface area contributed by atoms with Crippen molar-refractivity contribution >= 4 is 18.3 Å². The zero-order chi connectivity index (χ0) is 13.5. The lowest BCUT2D eigenvalue weighted by Gasteiger charge is -2.34. The van der Waals surface area contributed by atoms with Crippen molar-refractivity contribution in [1.82, 2.24) is 9.80 Å². The minimum Gasteiger partial charge on any atom is -0.316 e. The topological polar surface area (TPSA) is 23.6 Å². The molecule has 0 fully saturated rings. The highest BCUT2D eigenvalue weighted by atomic mass is 35.5. The molecule has 0 aromatic heterocycles. The summed E-state index contributed by atoms with van der Waals surface area (Å²) < 4.78 is 0. The molecule has 0 N–H and O–H groups in total. The third kappa shape index (κ3) is 5.96. The van der Waals surface area contributed by atoms with Gasteiger partial charge in [-0.05, 0) is 39.8 Å². The number of nitrogens with zero attached hydrogens (tertiary/aromatic N) is 2. The van der Waals surface area contributed by atoms with Gasteiger partial charge in [-0.2, -0.15) is 0 Å². The fraction of sp³-hybridized carbons (Fsp3) is 0.800. The fourth-order valence-corrected chi connectivity index (χ4v) is 2.67. The number of rotatable bonds is 6. The Balaban J connectivity index is 0.00000324. The fourth-order valence-electron chi connectivity index (χ4n) is 2.67. The highest BCUT2D eigenvalue weighted by Crippen LogP contribution is 2.28. The van der Waals surface area contributed by atoms with Crippen molar-refractivity contribution < 1.29 is 4.79 Å². The maximum Gasteiger partial charge on any atom is 0.223 e. The molecular weight excluding hydrogens is 260 g/mol. The molecular formula is C15H29ClN2O. The van der Waals surface area contributed by atoms with Gasteiger partial charge < -0.3 is 9.80 Å². The third-order valence-electron chi connectivity index (χ3n) is 3.54. The molecule has 0 spiro atoms. The van der Waals surface area contributed by atoms with Crippen molar-refractivity contribution in [2.45, 2.75) is 46.0 Å². The van der Waals surface area contributed by atoms with E-state index in [1.165, 1.54) is 18.5 Å². The Morgan fingerprint density at radius 1 is 1.42 bits per heavy atom. The van der Waals surface area contributed by atoms with Crippen LogP contribution < -0.4 is 0 Å². The van der Waals surface area contributed by atoms with E-state index < -0.39 is 0 Å². The molecule has 1 aliphatic carbocycles. The maximum absolute atomic E-state index is 11.9. The van der Waals surface area contributed by atoms with Crippen LogP contribution in [0.25, 0.3) is 0 Å². The second-order valence-electron chi connectivity index (χ2n) is 5.54. The van der Waals surface area contributed by atoms with Gasteiger partial charge in [0.15, 0.2) is 0 Å². The van der Waals surface area contributed by atoms with Gasteiger partial charge in [0.25, 0.3) is 0 Å². The summed E-state index contributed by atoms with van der Waals surface area (Å²) in [6, 6.07) is 0. The summed E-state index contributed by atoms with van der Waals surface area (Å²) in [5.41, 5.74) is 1.27. The van der Waals surface area contributed by atoms with Crippen LogP contribution in [0, 0.1) is 5.92 Å². The van der Waals surface area contributed by atoms with Crippen LogP contribution >= 0.6 is 12.4 Å². The molecule has 0 heterocycles. The van der Waals surface area contributed by atoms with Gasteiger partial charge >= 0.3 is 0 Å². The molecule has 4 heteroatoms. The van der Waals surface area contributed by atoms with Crippen LogP contribution in [0.2, 0.25) is 0 Å². The van der Waals surface area contributed by atoms with Crippen LogP contribution in [0.4, 0.5) is 0 Å². The molecule has 0 radical (unpaired) electrons. The lowest BCUT2D eigenvalue weighted by molar-refractivity contribution is -0.127. The van der Waals surface area contributed by atoms with E-state index in [1.54, 1.807) is 6.92 Å². The Bertz CT molecular complexity index is 303. The van der Waals surface area contributed by atoms with E-state index in [0.717, 1.165) is 32.4 Å². The molecule has 0 aliphatic heterocycles. The summed E-state index contributed by atoms with van der Waals surface area (Å²) >= 11 is 0. The smallest absolute Gasteiger partial charge is 0.223 e. The number of hydrogen-bond acceptors (Lipinski definition) is 2. The van der Waals surface area contributed by atoms with E-state index in [4.69, 9.17) is 0 Å². The molecule has 19 heavy (non-hydrogen) atoms. The predicted octanol–water partition coefficient (Wildman–Crippen LogP) is 3.30. The van der Waals surface area contributed by atoms with Crippen molar-refractivity contribution in [3.8, 4) is 0 Å². The minimum atomic E-state index is 0. The van der Waals surface area contributed by atoms with E-state index in [1.807, 2.05) is 4.90 Å². The van der Waals surface area contributed by atoms with Gasteiger partial charge in [0.1, 0.15) is 0 Å². The van der Waals surface area contributed by atoms with Crippen LogP contribution in [-0.2, 0) is 4.79 Å². The highest BCUT2D eigenvalue weighted by Gasteiger charge is 2.25. The van der Waals surface area contributed by atoms with Crippen molar-refractivity contribution in [1.29, 1.82) is 0 Å². The van der Waals surface area contributed by atoms with Gasteiger partial charge in [0.2, 0.25) is 5.91 Å². The molecule has 112 valence electrons. The lowest BCUT2D eigenvalue weighted by atomic mass is 9.90. The summed E-state index contributed by atoms with van der Waals surface area (Å²) in [6.45, 7) is 5.78. The van der Waals surface area contributed by atoms with Gasteiger partial charge in [-0.1, -0.05) is 19.4 Å². The first kappa shape index (κ1) is 18.5. The molecule has 1 atom stereocenters. The number of carbonyl (C=O) groups is 1. The molecule has 0 bridgehead atoms. The zero-order valence-electron chi connectivity index (χ0n) is 12.8. The first-order valence-corrected chi connectivity index (χ1v) is 7.19. The third-order valence-corrected chi connectivity index (χ3v) is 3.54. The Kier molecular flexibility index (Phi) is 9.11. The summed E-state index contributed by atoms with van der Waals surface area (Å²) in [4.78, 5) is 16.1. The summed E-state index contributed by atoms with van der Waals surface area (Å²) in [5, 5.41) is 0. The quantitative estimate of drug-likeness (QED) is 0.749. The first-order chi connectivity index (χ1) is 8.56. The number of unbranched alkanes of at least 4 members (excludes halogenated alkanes) is 1. The molecule has 0 aromatic rings. The molecule has 1 amide bonds. The van der Waals surface area contributed by atoms with E-state index in [2.05, 4.69) is 32.0 Å². The van der Waals surface area contributed by atoms with Crippen LogP contribution in [0.5, 0.6) is 0 Å². The second kappa shape index (κ2) is 9.38. The average Bonchev–Trinajstić information content (AvgIpc) is 2.30. The minimum absolute atomic E-state index is 0. The number of hydrogen-bond donors (Lipinski definition) is 0. The van der Waals surface area contributed by atoms with Gasteiger partial charge in [-0.15, -0.1) is 12.4 Å². The summed E-state index contributed by atoms with van der Waals surface area (Å²) in [7, 11) is 4.22. The highest BCUT2D eigenvalue weighted by molar-refractivity contribution is 5.85. The number of halogens is 1. The van der Waals surface area contributed by atoms with Gasteiger partial charge in [0.05, 0.1) is 0 Å². The predicted molar refractivity (Wildman–Crippen MR) is 83.5 cm³/mol. The second-order valence-corrected chi connectivity index (χ2v) is 5.54. The standard InChI is InChI=1S/C15H28N2O.ClH/c1-5-6-11-17(13(2)18)15-10-8-7-9-14(15)12-16(3)4;/h10,14H,5-9,11-12H2,1-4H3;1H. The van der Waals surface area contributed by atoms with Crippen LogP contribution in [-0.4, -0.2) is 42.9 Å². The number of allylic oxidation sites excluding steroid dienone is 1. The van der Waals surface area contributed by atoms with E-state index >= 15 is 0 Å². The molecule has 0 aromatic carbocycles. The van der Waals surface area contributed by atoms with Gasteiger partial charge in [-0.25, -0.2) is 0 Å². The largest absolute Gasteiger partial charge is 0.316 e. The molecule has 3 nitrogen and oxygen atoms in total. The van der Waals surface area contributed by atoms with Crippen LogP contribution in [0.1, 0.15) is 46.0 Å². The zero-order valence-corrected chi connectivity index (χ0v) is 13.6. The van der Waals surface area contributed by atoms with E-state index in [-0.39, 0.29) is 18.3 Å². The monoisotopic (exact) mass is 288 g/mol. The first-order valence-electron chi connectivity index (χ1n) is 7.19. The Morgan fingerprint density at radius 3 is 2.63 bits per heavy atom. The van der Waals surface area contributed by atoms with Gasteiger partial charge in [-0.3, -0.25) is 4.79 Å².